The number of Topliss-reactive ketones (excluding diaryl/α,β-unsaturated/α-hetero) is 1. The average Bonchev–Trinajstić information content (AvgIpc) is 2.59. The molecule has 1 aromatic carbocycles. The Labute approximate surface area is 116 Å². The van der Waals surface area contributed by atoms with Gasteiger partial charge in [-0.05, 0) is 57.5 Å². The Kier molecular flexibility index (Phi) is 3.44. The van der Waals surface area contributed by atoms with E-state index >= 15 is 0 Å². The van der Waals surface area contributed by atoms with Crippen molar-refractivity contribution in [2.75, 3.05) is 0 Å². The summed E-state index contributed by atoms with van der Waals surface area (Å²) in [5.74, 6) is 0.114. The number of hydrogen-bond donors (Lipinski definition) is 0. The van der Waals surface area contributed by atoms with Crippen LogP contribution in [0.15, 0.2) is 28.7 Å². The summed E-state index contributed by atoms with van der Waals surface area (Å²) in [5.41, 5.74) is 5.16. The second-order valence-electron chi connectivity index (χ2n) is 4.61. The van der Waals surface area contributed by atoms with Crippen LogP contribution in [0.2, 0.25) is 0 Å². The molecular weight excluding hydrogens is 290 g/mol. The summed E-state index contributed by atoms with van der Waals surface area (Å²) in [6, 6.07) is 8.17. The molecule has 0 radical (unpaired) electrons. The van der Waals surface area contributed by atoms with E-state index in [1.165, 1.54) is 5.56 Å². The first-order chi connectivity index (χ1) is 8.41. The van der Waals surface area contributed by atoms with Crippen molar-refractivity contribution in [1.82, 2.24) is 4.57 Å². The van der Waals surface area contributed by atoms with Crippen molar-refractivity contribution < 1.29 is 4.79 Å². The summed E-state index contributed by atoms with van der Waals surface area (Å²) in [7, 11) is 0. The summed E-state index contributed by atoms with van der Waals surface area (Å²) in [4.78, 5) is 11.6. The standard InChI is InChI=1S/C15H16BrNO/c1-9-7-13(5-6-15(9)16)17-10(2)8-14(11(17)3)12(4)18/h5-8H,1-4H3. The zero-order valence-corrected chi connectivity index (χ0v) is 12.6. The van der Waals surface area contributed by atoms with Crippen molar-refractivity contribution in [1.29, 1.82) is 0 Å². The molecule has 0 spiro atoms. The second-order valence-corrected chi connectivity index (χ2v) is 5.46. The number of ketones is 1. The fraction of sp³-hybridized carbons (Fsp3) is 0.267. The van der Waals surface area contributed by atoms with Crippen molar-refractivity contribution in [3.05, 3.63) is 51.3 Å². The molecule has 1 heterocycles. The molecule has 0 N–H and O–H groups in total. The molecule has 0 aliphatic rings. The first-order valence-electron chi connectivity index (χ1n) is 5.88. The predicted molar refractivity (Wildman–Crippen MR) is 77.7 cm³/mol. The van der Waals surface area contributed by atoms with Gasteiger partial charge in [0.2, 0.25) is 0 Å². The van der Waals surface area contributed by atoms with Crippen LogP contribution in [0.1, 0.15) is 34.2 Å². The maximum Gasteiger partial charge on any atom is 0.161 e. The summed E-state index contributed by atoms with van der Waals surface area (Å²) >= 11 is 3.50. The van der Waals surface area contributed by atoms with E-state index in [0.29, 0.717) is 0 Å². The van der Waals surface area contributed by atoms with Crippen molar-refractivity contribution in [3.63, 3.8) is 0 Å². The number of halogens is 1. The topological polar surface area (TPSA) is 22.0 Å². The van der Waals surface area contributed by atoms with Crippen LogP contribution in [-0.4, -0.2) is 10.4 Å². The smallest absolute Gasteiger partial charge is 0.161 e. The molecular formula is C15H16BrNO. The minimum atomic E-state index is 0.114. The number of carbonyl (C=O) groups excluding carboxylic acids is 1. The molecule has 2 nitrogen and oxygen atoms in total. The van der Waals surface area contributed by atoms with Gasteiger partial charge in [-0.2, -0.15) is 0 Å². The Morgan fingerprint density at radius 2 is 1.83 bits per heavy atom. The average molecular weight is 306 g/mol. The highest BCUT2D eigenvalue weighted by Gasteiger charge is 2.13. The van der Waals surface area contributed by atoms with Gasteiger partial charge in [0.1, 0.15) is 0 Å². The number of carbonyl (C=O) groups is 1. The van der Waals surface area contributed by atoms with E-state index < -0.39 is 0 Å². The van der Waals surface area contributed by atoms with Gasteiger partial charge >= 0.3 is 0 Å². The molecule has 0 fully saturated rings. The van der Waals surface area contributed by atoms with Crippen molar-refractivity contribution in [2.24, 2.45) is 0 Å². The van der Waals surface area contributed by atoms with Crippen LogP contribution < -0.4 is 0 Å². The third-order valence-corrected chi connectivity index (χ3v) is 4.10. The molecule has 1 aromatic heterocycles. The van der Waals surface area contributed by atoms with Crippen molar-refractivity contribution in [3.8, 4) is 5.69 Å². The molecule has 94 valence electrons. The lowest BCUT2D eigenvalue weighted by atomic mass is 10.2. The number of aromatic nitrogens is 1. The Morgan fingerprint density at radius 1 is 1.17 bits per heavy atom. The van der Waals surface area contributed by atoms with Gasteiger partial charge in [0.25, 0.3) is 0 Å². The molecule has 0 atom stereocenters. The molecule has 0 aliphatic heterocycles. The van der Waals surface area contributed by atoms with E-state index in [4.69, 9.17) is 0 Å². The van der Waals surface area contributed by atoms with Crippen LogP contribution >= 0.6 is 15.9 Å². The highest BCUT2D eigenvalue weighted by Crippen LogP contribution is 2.24. The van der Waals surface area contributed by atoms with E-state index in [1.807, 2.05) is 26.0 Å². The number of hydrogen-bond acceptors (Lipinski definition) is 1. The largest absolute Gasteiger partial charge is 0.318 e. The maximum atomic E-state index is 11.6. The number of benzene rings is 1. The summed E-state index contributed by atoms with van der Waals surface area (Å²) in [5, 5.41) is 0. The molecule has 18 heavy (non-hydrogen) atoms. The fourth-order valence-corrected chi connectivity index (χ4v) is 2.53. The van der Waals surface area contributed by atoms with Gasteiger partial charge in [-0.3, -0.25) is 4.79 Å². The van der Waals surface area contributed by atoms with Crippen LogP contribution in [0.5, 0.6) is 0 Å². The molecule has 0 amide bonds. The normalized spacial score (nSPS) is 10.7. The molecule has 2 rings (SSSR count). The zero-order chi connectivity index (χ0) is 13.4. The molecule has 2 aromatic rings. The van der Waals surface area contributed by atoms with Gasteiger partial charge in [-0.1, -0.05) is 15.9 Å². The van der Waals surface area contributed by atoms with Crippen molar-refractivity contribution >= 4 is 21.7 Å². The van der Waals surface area contributed by atoms with Crippen LogP contribution in [0, 0.1) is 20.8 Å². The SMILES string of the molecule is CC(=O)c1cc(C)n(-c2ccc(Br)c(C)c2)c1C. The third kappa shape index (κ3) is 2.15. The minimum absolute atomic E-state index is 0.114. The van der Waals surface area contributed by atoms with Crippen molar-refractivity contribution in [2.45, 2.75) is 27.7 Å². The molecule has 3 heteroatoms. The van der Waals surface area contributed by atoms with Gasteiger partial charge in [0, 0.05) is 27.1 Å². The summed E-state index contributed by atoms with van der Waals surface area (Å²) < 4.78 is 3.22. The molecule has 0 aliphatic carbocycles. The van der Waals surface area contributed by atoms with Crippen LogP contribution in [0.4, 0.5) is 0 Å². The summed E-state index contributed by atoms with van der Waals surface area (Å²) in [6.07, 6.45) is 0. The second kappa shape index (κ2) is 4.73. The van der Waals surface area contributed by atoms with Gasteiger partial charge in [-0.15, -0.1) is 0 Å². The Morgan fingerprint density at radius 3 is 2.33 bits per heavy atom. The number of rotatable bonds is 2. The maximum absolute atomic E-state index is 11.6. The highest BCUT2D eigenvalue weighted by atomic mass is 79.9. The van der Waals surface area contributed by atoms with Crippen LogP contribution in [-0.2, 0) is 0 Å². The van der Waals surface area contributed by atoms with Crippen LogP contribution in [0.3, 0.4) is 0 Å². The lowest BCUT2D eigenvalue weighted by Gasteiger charge is -2.11. The minimum Gasteiger partial charge on any atom is -0.318 e. The fourth-order valence-electron chi connectivity index (χ4n) is 2.28. The zero-order valence-electron chi connectivity index (χ0n) is 11.0. The lowest BCUT2D eigenvalue weighted by Crippen LogP contribution is -2.01. The van der Waals surface area contributed by atoms with Crippen LogP contribution in [0.25, 0.3) is 5.69 Å². The predicted octanol–water partition coefficient (Wildman–Crippen LogP) is 4.37. The molecule has 0 bridgehead atoms. The van der Waals surface area contributed by atoms with Gasteiger partial charge in [-0.25, -0.2) is 0 Å². The first kappa shape index (κ1) is 13.1. The lowest BCUT2D eigenvalue weighted by molar-refractivity contribution is 0.101. The van der Waals surface area contributed by atoms with E-state index in [-0.39, 0.29) is 5.78 Å². The van der Waals surface area contributed by atoms with E-state index in [9.17, 15) is 4.79 Å². The Balaban J connectivity index is 2.64. The Bertz CT molecular complexity index is 626. The van der Waals surface area contributed by atoms with Gasteiger partial charge in [0.05, 0.1) is 0 Å². The van der Waals surface area contributed by atoms with E-state index in [1.54, 1.807) is 6.92 Å². The molecule has 0 saturated carbocycles. The van der Waals surface area contributed by atoms with Gasteiger partial charge in [0.15, 0.2) is 5.78 Å². The number of aryl methyl sites for hydroxylation is 2. The third-order valence-electron chi connectivity index (χ3n) is 3.21. The Hall–Kier alpha value is -1.35. The molecule has 0 unspecified atom stereocenters. The summed E-state index contributed by atoms with van der Waals surface area (Å²) in [6.45, 7) is 7.69. The van der Waals surface area contributed by atoms with E-state index in [2.05, 4.69) is 39.6 Å². The molecule has 0 saturated heterocycles. The van der Waals surface area contributed by atoms with E-state index in [0.717, 1.165) is 27.1 Å². The monoisotopic (exact) mass is 305 g/mol. The number of nitrogens with zero attached hydrogens (tertiary/aromatic N) is 1. The quantitative estimate of drug-likeness (QED) is 0.755. The van der Waals surface area contributed by atoms with Gasteiger partial charge < -0.3 is 4.57 Å². The highest BCUT2D eigenvalue weighted by molar-refractivity contribution is 9.10. The first-order valence-corrected chi connectivity index (χ1v) is 6.67.